The van der Waals surface area contributed by atoms with Gasteiger partial charge in [0.1, 0.15) is 0 Å². The number of hydrogen-bond donors (Lipinski definition) is 1. The van der Waals surface area contributed by atoms with E-state index in [2.05, 4.69) is 18.7 Å². The van der Waals surface area contributed by atoms with Crippen LogP contribution >= 0.6 is 0 Å². The smallest absolute Gasteiger partial charge is 0.226 e. The molecule has 0 heterocycles. The summed E-state index contributed by atoms with van der Waals surface area (Å²) in [5, 5.41) is 0. The molecule has 2 atom stereocenters. The fourth-order valence-corrected chi connectivity index (χ4v) is 6.70. The van der Waals surface area contributed by atoms with E-state index in [-0.39, 0.29) is 23.7 Å². The van der Waals surface area contributed by atoms with Crippen LogP contribution in [0.15, 0.2) is 0 Å². The Morgan fingerprint density at radius 2 is 0.714 bits per heavy atom. The van der Waals surface area contributed by atoms with Crippen LogP contribution in [0.2, 0.25) is 0 Å². The van der Waals surface area contributed by atoms with Gasteiger partial charge in [-0.25, -0.2) is 0 Å². The van der Waals surface area contributed by atoms with Crippen LogP contribution in [0.4, 0.5) is 0 Å². The first kappa shape index (κ1) is 39.0. The zero-order chi connectivity index (χ0) is 30.5. The van der Waals surface area contributed by atoms with E-state index in [4.69, 9.17) is 5.73 Å². The van der Waals surface area contributed by atoms with Crippen molar-refractivity contribution in [2.75, 3.05) is 13.1 Å². The Kier molecular flexibility index (Phi) is 26.6. The number of carbonyl (C=O) groups is 2. The van der Waals surface area contributed by atoms with Gasteiger partial charge in [0.05, 0.1) is 0 Å². The zero-order valence-electron chi connectivity index (χ0n) is 28.6. The topological polar surface area (TPSA) is 63.4 Å². The summed E-state index contributed by atoms with van der Waals surface area (Å²) in [5.74, 6) is -0.463. The van der Waals surface area contributed by atoms with Gasteiger partial charge in [0, 0.05) is 24.9 Å². The largest absolute Gasteiger partial charge is 0.369 e. The lowest BCUT2D eigenvalue weighted by molar-refractivity contribution is -0.146. The minimum absolute atomic E-state index is 0.152. The van der Waals surface area contributed by atoms with Crippen LogP contribution in [0.25, 0.3) is 0 Å². The predicted octanol–water partition coefficient (Wildman–Crippen LogP) is 11.3. The third-order valence-electron chi connectivity index (χ3n) is 9.83. The standard InChI is InChI=1S/C38H74N2O2/c1-3-5-7-9-11-13-15-17-19-21-23-25-27-29-33-40(38(42)36-32-31-35(36)37(39)41)34-30-28-26-24-22-20-18-16-14-12-10-8-6-4-2/h35-36H,3-34H2,1-2H3,(H2,39,41)/t35-,36-/m0/s1. The highest BCUT2D eigenvalue weighted by Crippen LogP contribution is 2.35. The second-order valence-electron chi connectivity index (χ2n) is 13.7. The fraction of sp³-hybridized carbons (Fsp3) is 0.947. The maximum absolute atomic E-state index is 13.3. The minimum Gasteiger partial charge on any atom is -0.369 e. The predicted molar refractivity (Wildman–Crippen MR) is 183 cm³/mol. The average molecular weight is 591 g/mol. The van der Waals surface area contributed by atoms with E-state index in [0.29, 0.717) is 0 Å². The second-order valence-corrected chi connectivity index (χ2v) is 13.7. The Morgan fingerprint density at radius 1 is 0.452 bits per heavy atom. The summed E-state index contributed by atoms with van der Waals surface area (Å²) in [5.41, 5.74) is 5.58. The molecule has 4 nitrogen and oxygen atoms in total. The third kappa shape index (κ3) is 20.8. The van der Waals surface area contributed by atoms with Crippen LogP contribution in [0, 0.1) is 11.8 Å². The molecule has 0 aromatic carbocycles. The third-order valence-corrected chi connectivity index (χ3v) is 9.83. The molecular weight excluding hydrogens is 516 g/mol. The molecule has 248 valence electrons. The fourth-order valence-electron chi connectivity index (χ4n) is 6.70. The highest BCUT2D eigenvalue weighted by molar-refractivity contribution is 5.88. The van der Waals surface area contributed by atoms with Gasteiger partial charge in [-0.05, 0) is 25.7 Å². The Labute approximate surface area is 263 Å². The molecule has 0 saturated heterocycles. The van der Waals surface area contributed by atoms with E-state index < -0.39 is 0 Å². The highest BCUT2D eigenvalue weighted by Gasteiger charge is 2.41. The maximum Gasteiger partial charge on any atom is 0.226 e. The molecule has 1 aliphatic rings. The van der Waals surface area contributed by atoms with Gasteiger partial charge in [-0.15, -0.1) is 0 Å². The summed E-state index contributed by atoms with van der Waals surface area (Å²) in [6.07, 6.45) is 39.4. The van der Waals surface area contributed by atoms with Gasteiger partial charge in [0.25, 0.3) is 0 Å². The first-order valence-electron chi connectivity index (χ1n) is 19.2. The molecule has 1 rings (SSSR count). The monoisotopic (exact) mass is 591 g/mol. The summed E-state index contributed by atoms with van der Waals surface area (Å²) in [6, 6.07) is 0. The molecule has 0 aromatic rings. The molecule has 1 fully saturated rings. The molecule has 0 aliphatic heterocycles. The summed E-state index contributed by atoms with van der Waals surface area (Å²) >= 11 is 0. The Morgan fingerprint density at radius 3 is 0.952 bits per heavy atom. The second kappa shape index (κ2) is 28.7. The van der Waals surface area contributed by atoms with E-state index in [1.165, 1.54) is 167 Å². The number of rotatable bonds is 32. The first-order chi connectivity index (χ1) is 20.6. The Hall–Kier alpha value is -1.06. The molecule has 4 heteroatoms. The van der Waals surface area contributed by atoms with Crippen LogP contribution in [0.1, 0.15) is 206 Å². The van der Waals surface area contributed by atoms with Crippen LogP contribution in [-0.4, -0.2) is 29.8 Å². The van der Waals surface area contributed by atoms with Crippen molar-refractivity contribution in [2.24, 2.45) is 17.6 Å². The molecule has 0 aromatic heterocycles. The first-order valence-corrected chi connectivity index (χ1v) is 19.2. The lowest BCUT2D eigenvalue weighted by Gasteiger charge is -2.37. The van der Waals surface area contributed by atoms with E-state index in [1.807, 2.05) is 0 Å². The molecule has 0 radical (unpaired) electrons. The molecule has 1 saturated carbocycles. The Bertz CT molecular complexity index is 590. The molecule has 0 spiro atoms. The Balaban J connectivity index is 2.12. The summed E-state index contributed by atoms with van der Waals surface area (Å²) in [7, 11) is 0. The van der Waals surface area contributed by atoms with Crippen molar-refractivity contribution in [1.82, 2.24) is 4.90 Å². The van der Waals surface area contributed by atoms with E-state index in [1.54, 1.807) is 0 Å². The van der Waals surface area contributed by atoms with Crippen LogP contribution < -0.4 is 5.73 Å². The van der Waals surface area contributed by atoms with Gasteiger partial charge in [0.15, 0.2) is 0 Å². The molecule has 2 amide bonds. The summed E-state index contributed by atoms with van der Waals surface area (Å²) in [4.78, 5) is 27.2. The minimum atomic E-state index is -0.285. The lowest BCUT2D eigenvalue weighted by Crippen LogP contribution is -2.48. The van der Waals surface area contributed by atoms with Crippen molar-refractivity contribution >= 4 is 11.8 Å². The van der Waals surface area contributed by atoms with Crippen molar-refractivity contribution in [3.05, 3.63) is 0 Å². The SMILES string of the molecule is CCCCCCCCCCCCCCCCN(CCCCCCCCCCCCCCCC)C(=O)[C@H]1CC[C@@H]1C(N)=O. The van der Waals surface area contributed by atoms with Crippen molar-refractivity contribution in [1.29, 1.82) is 0 Å². The van der Waals surface area contributed by atoms with Gasteiger partial charge >= 0.3 is 0 Å². The van der Waals surface area contributed by atoms with Gasteiger partial charge in [-0.3, -0.25) is 9.59 Å². The number of hydrogen-bond acceptors (Lipinski definition) is 2. The van der Waals surface area contributed by atoms with Crippen molar-refractivity contribution in [3.8, 4) is 0 Å². The quantitative estimate of drug-likeness (QED) is 0.0792. The number of carbonyl (C=O) groups excluding carboxylic acids is 2. The van der Waals surface area contributed by atoms with Gasteiger partial charge in [-0.1, -0.05) is 181 Å². The van der Waals surface area contributed by atoms with Crippen molar-refractivity contribution < 1.29 is 9.59 Å². The van der Waals surface area contributed by atoms with Gasteiger partial charge in [-0.2, -0.15) is 0 Å². The molecule has 42 heavy (non-hydrogen) atoms. The molecule has 1 aliphatic carbocycles. The normalized spacial score (nSPS) is 16.4. The molecular formula is C38H74N2O2. The number of unbranched alkanes of at least 4 members (excludes halogenated alkanes) is 26. The zero-order valence-corrected chi connectivity index (χ0v) is 28.6. The number of primary amides is 1. The lowest BCUT2D eigenvalue weighted by atomic mass is 9.72. The summed E-state index contributed by atoms with van der Waals surface area (Å²) in [6.45, 7) is 6.29. The van der Waals surface area contributed by atoms with Gasteiger partial charge < -0.3 is 10.6 Å². The average Bonchev–Trinajstić information content (AvgIpc) is 2.95. The molecule has 0 unspecified atom stereocenters. The highest BCUT2D eigenvalue weighted by atomic mass is 16.2. The molecule has 2 N–H and O–H groups in total. The van der Waals surface area contributed by atoms with Crippen molar-refractivity contribution in [3.63, 3.8) is 0 Å². The van der Waals surface area contributed by atoms with E-state index in [0.717, 1.165) is 38.8 Å². The van der Waals surface area contributed by atoms with Crippen LogP contribution in [0.5, 0.6) is 0 Å². The number of nitrogens with zero attached hydrogens (tertiary/aromatic N) is 1. The molecule has 0 bridgehead atoms. The van der Waals surface area contributed by atoms with Crippen LogP contribution in [0.3, 0.4) is 0 Å². The van der Waals surface area contributed by atoms with Crippen LogP contribution in [-0.2, 0) is 9.59 Å². The summed E-state index contributed by atoms with van der Waals surface area (Å²) < 4.78 is 0. The maximum atomic E-state index is 13.3. The van der Waals surface area contributed by atoms with Crippen molar-refractivity contribution in [2.45, 2.75) is 206 Å². The van der Waals surface area contributed by atoms with Gasteiger partial charge in [0.2, 0.25) is 11.8 Å². The van der Waals surface area contributed by atoms with E-state index >= 15 is 0 Å². The number of amides is 2. The number of nitrogens with two attached hydrogens (primary N) is 1. The van der Waals surface area contributed by atoms with E-state index in [9.17, 15) is 9.59 Å².